The van der Waals surface area contributed by atoms with E-state index in [0.29, 0.717) is 5.15 Å². The zero-order chi connectivity index (χ0) is 7.40. The lowest BCUT2D eigenvalue weighted by molar-refractivity contribution is 0.795. The molecule has 0 spiro atoms. The fourth-order valence-electron chi connectivity index (χ4n) is 0.837. The molecule has 0 saturated heterocycles. The van der Waals surface area contributed by atoms with Crippen LogP contribution in [0.3, 0.4) is 0 Å². The number of nitrogens with zero attached hydrogens (tertiary/aromatic N) is 1. The normalized spacial score (nSPS) is 10.2. The van der Waals surface area contributed by atoms with Crippen molar-refractivity contribution in [2.24, 2.45) is 0 Å². The van der Waals surface area contributed by atoms with Crippen LogP contribution in [0.5, 0.6) is 0 Å². The monoisotopic (exact) mass is 158 g/mol. The second-order valence-corrected chi connectivity index (χ2v) is 2.69. The van der Waals surface area contributed by atoms with Crippen LogP contribution in [0.25, 0.3) is 0 Å². The quantitative estimate of drug-likeness (QED) is 0.719. The molecule has 0 aliphatic heterocycles. The van der Waals surface area contributed by atoms with Gasteiger partial charge in [-0.3, -0.25) is 5.10 Å². The molecule has 0 saturated carbocycles. The van der Waals surface area contributed by atoms with E-state index in [-0.39, 0.29) is 0 Å². The average molecular weight is 159 g/mol. The Morgan fingerprint density at radius 1 is 1.70 bits per heavy atom. The summed E-state index contributed by atoms with van der Waals surface area (Å²) in [7, 11) is 0. The molecule has 0 amide bonds. The van der Waals surface area contributed by atoms with Crippen molar-refractivity contribution in [3.8, 4) is 0 Å². The SMILES string of the molecule is CCCCc1cn[nH]c1Cl. The van der Waals surface area contributed by atoms with Gasteiger partial charge in [0.15, 0.2) is 0 Å². The van der Waals surface area contributed by atoms with Crippen molar-refractivity contribution in [2.75, 3.05) is 0 Å². The van der Waals surface area contributed by atoms with Gasteiger partial charge in [-0.05, 0) is 12.8 Å². The molecule has 0 aromatic carbocycles. The van der Waals surface area contributed by atoms with Gasteiger partial charge in [-0.25, -0.2) is 0 Å². The van der Waals surface area contributed by atoms with E-state index in [1.165, 1.54) is 12.8 Å². The number of aromatic amines is 1. The second kappa shape index (κ2) is 3.62. The van der Waals surface area contributed by atoms with Gasteiger partial charge >= 0.3 is 0 Å². The zero-order valence-corrected chi connectivity index (χ0v) is 6.78. The third-order valence-electron chi connectivity index (χ3n) is 1.46. The average Bonchev–Trinajstić information content (AvgIpc) is 2.31. The van der Waals surface area contributed by atoms with Gasteiger partial charge in [0.25, 0.3) is 0 Å². The number of aryl methyl sites for hydroxylation is 1. The minimum Gasteiger partial charge on any atom is -0.267 e. The lowest BCUT2D eigenvalue weighted by Crippen LogP contribution is -1.80. The molecule has 0 radical (unpaired) electrons. The molecular formula is C7H11ClN2. The summed E-state index contributed by atoms with van der Waals surface area (Å²) in [5.74, 6) is 0. The van der Waals surface area contributed by atoms with Crippen LogP contribution >= 0.6 is 11.6 Å². The highest BCUT2D eigenvalue weighted by atomic mass is 35.5. The number of aromatic nitrogens is 2. The van der Waals surface area contributed by atoms with E-state index in [9.17, 15) is 0 Å². The molecule has 1 rings (SSSR count). The molecule has 2 nitrogen and oxygen atoms in total. The van der Waals surface area contributed by atoms with Crippen molar-refractivity contribution in [1.82, 2.24) is 10.2 Å². The van der Waals surface area contributed by atoms with E-state index >= 15 is 0 Å². The van der Waals surface area contributed by atoms with Gasteiger partial charge in [0.1, 0.15) is 5.15 Å². The maximum absolute atomic E-state index is 5.76. The molecule has 0 unspecified atom stereocenters. The smallest absolute Gasteiger partial charge is 0.127 e. The molecule has 56 valence electrons. The van der Waals surface area contributed by atoms with Gasteiger partial charge in [-0.2, -0.15) is 5.10 Å². The van der Waals surface area contributed by atoms with Crippen LogP contribution < -0.4 is 0 Å². The van der Waals surface area contributed by atoms with Crippen molar-refractivity contribution >= 4 is 11.6 Å². The molecule has 0 bridgehead atoms. The number of rotatable bonds is 3. The predicted molar refractivity (Wildman–Crippen MR) is 42.2 cm³/mol. The number of hydrogen-bond acceptors (Lipinski definition) is 1. The molecule has 0 aliphatic carbocycles. The van der Waals surface area contributed by atoms with Crippen molar-refractivity contribution in [1.29, 1.82) is 0 Å². The Bertz CT molecular complexity index is 195. The van der Waals surface area contributed by atoms with Crippen LogP contribution in [0, 0.1) is 0 Å². The van der Waals surface area contributed by atoms with Crippen molar-refractivity contribution in [3.63, 3.8) is 0 Å². The highest BCUT2D eigenvalue weighted by molar-refractivity contribution is 6.30. The van der Waals surface area contributed by atoms with Crippen LogP contribution in [-0.2, 0) is 6.42 Å². The van der Waals surface area contributed by atoms with Crippen molar-refractivity contribution < 1.29 is 0 Å². The summed E-state index contributed by atoms with van der Waals surface area (Å²) in [6, 6.07) is 0. The maximum atomic E-state index is 5.76. The van der Waals surface area contributed by atoms with E-state index < -0.39 is 0 Å². The van der Waals surface area contributed by atoms with Gasteiger partial charge in [-0.15, -0.1) is 0 Å². The first-order valence-corrected chi connectivity index (χ1v) is 3.90. The highest BCUT2D eigenvalue weighted by Crippen LogP contribution is 2.13. The summed E-state index contributed by atoms with van der Waals surface area (Å²) >= 11 is 5.76. The summed E-state index contributed by atoms with van der Waals surface area (Å²) < 4.78 is 0. The summed E-state index contributed by atoms with van der Waals surface area (Å²) in [5.41, 5.74) is 1.13. The van der Waals surface area contributed by atoms with Crippen LogP contribution in [0.4, 0.5) is 0 Å². The first-order valence-electron chi connectivity index (χ1n) is 3.52. The number of halogens is 1. The summed E-state index contributed by atoms with van der Waals surface area (Å²) in [5, 5.41) is 7.20. The van der Waals surface area contributed by atoms with Gasteiger partial charge < -0.3 is 0 Å². The predicted octanol–water partition coefficient (Wildman–Crippen LogP) is 2.41. The Kier molecular flexibility index (Phi) is 2.75. The second-order valence-electron chi connectivity index (χ2n) is 2.31. The maximum Gasteiger partial charge on any atom is 0.127 e. The highest BCUT2D eigenvalue weighted by Gasteiger charge is 1.99. The van der Waals surface area contributed by atoms with Crippen molar-refractivity contribution in [3.05, 3.63) is 16.9 Å². The lowest BCUT2D eigenvalue weighted by atomic mass is 10.2. The molecule has 1 aromatic heterocycles. The molecule has 3 heteroatoms. The Labute approximate surface area is 65.6 Å². The van der Waals surface area contributed by atoms with E-state index in [1.807, 2.05) is 0 Å². The Hall–Kier alpha value is -0.500. The summed E-state index contributed by atoms with van der Waals surface area (Å²) in [6.07, 6.45) is 5.20. The van der Waals surface area contributed by atoms with Gasteiger partial charge in [0.2, 0.25) is 0 Å². The minimum atomic E-state index is 0.688. The van der Waals surface area contributed by atoms with Crippen LogP contribution in [-0.4, -0.2) is 10.2 Å². The van der Waals surface area contributed by atoms with E-state index in [2.05, 4.69) is 17.1 Å². The molecule has 1 aromatic rings. The first kappa shape index (κ1) is 7.61. The van der Waals surface area contributed by atoms with Gasteiger partial charge in [-0.1, -0.05) is 24.9 Å². The Balaban J connectivity index is 2.49. The lowest BCUT2D eigenvalue weighted by Gasteiger charge is -1.92. The third-order valence-corrected chi connectivity index (χ3v) is 1.79. The molecular weight excluding hydrogens is 148 g/mol. The fraction of sp³-hybridized carbons (Fsp3) is 0.571. The fourth-order valence-corrected chi connectivity index (χ4v) is 1.03. The van der Waals surface area contributed by atoms with E-state index in [0.717, 1.165) is 12.0 Å². The molecule has 1 N–H and O–H groups in total. The van der Waals surface area contributed by atoms with Gasteiger partial charge in [0.05, 0.1) is 6.20 Å². The minimum absolute atomic E-state index is 0.688. The number of nitrogens with one attached hydrogen (secondary N) is 1. The molecule has 1 heterocycles. The largest absolute Gasteiger partial charge is 0.267 e. The first-order chi connectivity index (χ1) is 4.84. The zero-order valence-electron chi connectivity index (χ0n) is 6.02. The third kappa shape index (κ3) is 1.74. The molecule has 0 aliphatic rings. The molecule has 10 heavy (non-hydrogen) atoms. The van der Waals surface area contributed by atoms with Crippen LogP contribution in [0.2, 0.25) is 5.15 Å². The molecule has 0 atom stereocenters. The van der Waals surface area contributed by atoms with Crippen LogP contribution in [0.1, 0.15) is 25.3 Å². The summed E-state index contributed by atoms with van der Waals surface area (Å²) in [4.78, 5) is 0. The standard InChI is InChI=1S/C7H11ClN2/c1-2-3-4-6-5-9-10-7(6)8/h5H,2-4H2,1H3,(H,9,10). The number of H-pyrrole nitrogens is 1. The van der Waals surface area contributed by atoms with Crippen LogP contribution in [0.15, 0.2) is 6.20 Å². The molecule has 0 fully saturated rings. The Morgan fingerprint density at radius 2 is 2.50 bits per heavy atom. The Morgan fingerprint density at radius 3 is 3.00 bits per heavy atom. The number of hydrogen-bond donors (Lipinski definition) is 1. The van der Waals surface area contributed by atoms with Gasteiger partial charge in [0, 0.05) is 5.56 Å². The number of unbranched alkanes of at least 4 members (excludes halogenated alkanes) is 1. The summed E-state index contributed by atoms with van der Waals surface area (Å²) in [6.45, 7) is 2.16. The van der Waals surface area contributed by atoms with E-state index in [4.69, 9.17) is 11.6 Å². The van der Waals surface area contributed by atoms with E-state index in [1.54, 1.807) is 6.20 Å². The van der Waals surface area contributed by atoms with Crippen molar-refractivity contribution in [2.45, 2.75) is 26.2 Å². The topological polar surface area (TPSA) is 28.7 Å².